The number of ether oxygens (including phenoxy) is 1. The predicted octanol–water partition coefficient (Wildman–Crippen LogP) is 6.49. The van der Waals surface area contributed by atoms with E-state index >= 15 is 0 Å². The first-order valence-corrected chi connectivity index (χ1v) is 13.5. The van der Waals surface area contributed by atoms with Crippen molar-refractivity contribution >= 4 is 53.4 Å². The summed E-state index contributed by atoms with van der Waals surface area (Å²) in [7, 11) is -4.05. The van der Waals surface area contributed by atoms with Gasteiger partial charge in [-0.1, -0.05) is 11.6 Å². The number of amides is 1. The van der Waals surface area contributed by atoms with E-state index in [9.17, 15) is 13.8 Å². The summed E-state index contributed by atoms with van der Waals surface area (Å²) in [5.74, 6) is 0.0139. The van der Waals surface area contributed by atoms with Gasteiger partial charge in [-0.05, 0) is 56.9 Å². The molecule has 0 unspecified atom stereocenters. The molecule has 0 atom stereocenters. The maximum Gasteiger partial charge on any atom is 0.442 e. The quantitative estimate of drug-likeness (QED) is 0.277. The van der Waals surface area contributed by atoms with Gasteiger partial charge >= 0.3 is 7.75 Å². The second kappa shape index (κ2) is 11.1. The lowest BCUT2D eigenvalue weighted by atomic mass is 10.1. The van der Waals surface area contributed by atoms with Gasteiger partial charge in [-0.3, -0.25) is 13.8 Å². The number of nitrogens with one attached hydrogen (secondary N) is 1. The molecule has 0 spiro atoms. The average Bonchev–Trinajstić information content (AvgIpc) is 3.65. The average molecular weight is 537 g/mol. The molecule has 0 aliphatic heterocycles. The Morgan fingerprint density at radius 2 is 1.92 bits per heavy atom. The summed E-state index contributed by atoms with van der Waals surface area (Å²) in [5.41, 5.74) is 1.21. The van der Waals surface area contributed by atoms with Crippen LogP contribution in [-0.2, 0) is 18.4 Å². The molecule has 1 fully saturated rings. The van der Waals surface area contributed by atoms with Gasteiger partial charge in [0.05, 0.1) is 36.0 Å². The fourth-order valence-corrected chi connectivity index (χ4v) is 5.51. The van der Waals surface area contributed by atoms with E-state index in [1.165, 1.54) is 31.5 Å². The lowest BCUT2D eigenvalue weighted by molar-refractivity contribution is -0.115. The van der Waals surface area contributed by atoms with Crippen molar-refractivity contribution in [3.8, 4) is 5.75 Å². The Morgan fingerprint density at radius 3 is 2.53 bits per heavy atom. The van der Waals surface area contributed by atoms with Gasteiger partial charge in [0.15, 0.2) is 0 Å². The molecule has 0 radical (unpaired) electrons. The van der Waals surface area contributed by atoms with Crippen LogP contribution in [0.1, 0.15) is 33.6 Å². The number of halogens is 2. The normalized spacial score (nSPS) is 13.6. The zero-order valence-electron chi connectivity index (χ0n) is 20.2. The Hall–Kier alpha value is -2.78. The number of benzene rings is 2. The molecule has 1 saturated carbocycles. The molecule has 12 heteroatoms. The van der Waals surface area contributed by atoms with Gasteiger partial charge in [-0.25, -0.2) is 23.6 Å². The first-order chi connectivity index (χ1) is 17.3. The number of hydrogen-bond acceptors (Lipinski definition) is 8. The summed E-state index contributed by atoms with van der Waals surface area (Å²) in [6.45, 7) is 5.18. The zero-order valence-corrected chi connectivity index (χ0v) is 21.8. The predicted molar refractivity (Wildman–Crippen MR) is 136 cm³/mol. The lowest BCUT2D eigenvalue weighted by Gasteiger charge is -2.30. The first-order valence-electron chi connectivity index (χ1n) is 11.6. The van der Waals surface area contributed by atoms with Crippen molar-refractivity contribution in [1.29, 1.82) is 0 Å². The standard InChI is InChI=1S/C24H27ClFN4O5P/c1-4-34-36(32,35-5-2)30(15(3)31)22-11-18-21(12-23(22)33-13-16-6-7-16)27-14-28-24(18)29-17-8-9-20(26)19(25)10-17/h8-12,14,16H,4-7,13H2,1-3H3,(H,27,28,29). The van der Waals surface area contributed by atoms with Crippen LogP contribution in [0.4, 0.5) is 21.6 Å². The fraction of sp³-hybridized carbons (Fsp3) is 0.375. The third-order valence-electron chi connectivity index (χ3n) is 5.43. The first kappa shape index (κ1) is 26.3. The fourth-order valence-electron chi connectivity index (χ4n) is 3.61. The SMILES string of the molecule is CCOP(=O)(OCC)N(C(C)=O)c1cc2c(Nc3ccc(F)c(Cl)c3)ncnc2cc1OCC1CC1. The Morgan fingerprint density at radius 1 is 1.19 bits per heavy atom. The third kappa shape index (κ3) is 5.78. The van der Waals surface area contributed by atoms with Crippen LogP contribution in [-0.4, -0.2) is 35.7 Å². The van der Waals surface area contributed by atoms with Gasteiger partial charge in [-0.15, -0.1) is 0 Å². The number of rotatable bonds is 11. The van der Waals surface area contributed by atoms with Crippen molar-refractivity contribution in [3.05, 3.63) is 47.5 Å². The zero-order chi connectivity index (χ0) is 25.9. The van der Waals surface area contributed by atoms with E-state index in [0.29, 0.717) is 40.7 Å². The molecular weight excluding hydrogens is 510 g/mol. The minimum atomic E-state index is -4.05. The molecule has 9 nitrogen and oxygen atoms in total. The lowest BCUT2D eigenvalue weighted by Crippen LogP contribution is -2.28. The van der Waals surface area contributed by atoms with Crippen molar-refractivity contribution in [2.75, 3.05) is 29.8 Å². The monoisotopic (exact) mass is 536 g/mol. The molecule has 3 aromatic rings. The van der Waals surface area contributed by atoms with Crippen LogP contribution >= 0.6 is 19.3 Å². The topological polar surface area (TPSA) is 103 Å². The molecule has 1 aromatic heterocycles. The van der Waals surface area contributed by atoms with Crippen molar-refractivity contribution in [2.45, 2.75) is 33.6 Å². The van der Waals surface area contributed by atoms with Crippen LogP contribution in [0.15, 0.2) is 36.7 Å². The Labute approximate surface area is 213 Å². The van der Waals surface area contributed by atoms with Crippen molar-refractivity contribution < 1.29 is 27.5 Å². The minimum absolute atomic E-state index is 0.0491. The largest absolute Gasteiger partial charge is 0.491 e. The van der Waals surface area contributed by atoms with Crippen LogP contribution in [0.5, 0.6) is 5.75 Å². The molecule has 1 aliphatic rings. The highest BCUT2D eigenvalue weighted by Crippen LogP contribution is 2.56. The molecule has 0 bridgehead atoms. The van der Waals surface area contributed by atoms with Gasteiger partial charge in [0, 0.05) is 24.1 Å². The summed E-state index contributed by atoms with van der Waals surface area (Å²) >= 11 is 5.93. The second-order valence-electron chi connectivity index (χ2n) is 8.20. The third-order valence-corrected chi connectivity index (χ3v) is 7.87. The molecule has 1 N–H and O–H groups in total. The number of carbonyl (C=O) groups is 1. The van der Waals surface area contributed by atoms with E-state index in [2.05, 4.69) is 15.3 Å². The van der Waals surface area contributed by atoms with Crippen molar-refractivity contribution in [3.63, 3.8) is 0 Å². The maximum atomic E-state index is 13.7. The van der Waals surface area contributed by atoms with Crippen LogP contribution < -0.4 is 14.7 Å². The van der Waals surface area contributed by atoms with E-state index in [0.717, 1.165) is 17.5 Å². The van der Waals surface area contributed by atoms with Gasteiger partial charge in [0.1, 0.15) is 23.7 Å². The number of aromatic nitrogens is 2. The summed E-state index contributed by atoms with van der Waals surface area (Å²) < 4.78 is 45.4. The van der Waals surface area contributed by atoms with Crippen LogP contribution in [0.25, 0.3) is 10.9 Å². The highest BCUT2D eigenvalue weighted by Gasteiger charge is 2.39. The van der Waals surface area contributed by atoms with Gasteiger partial charge < -0.3 is 10.1 Å². The summed E-state index contributed by atoms with van der Waals surface area (Å²) in [5, 5.41) is 3.55. The van der Waals surface area contributed by atoms with Crippen LogP contribution in [0.3, 0.4) is 0 Å². The summed E-state index contributed by atoms with van der Waals surface area (Å²) in [6.07, 6.45) is 3.49. The van der Waals surface area contributed by atoms with Crippen molar-refractivity contribution in [1.82, 2.24) is 9.97 Å². The summed E-state index contributed by atoms with van der Waals surface area (Å²) in [4.78, 5) is 21.5. The number of nitrogens with zero attached hydrogens (tertiary/aromatic N) is 3. The maximum absolute atomic E-state index is 13.7. The van der Waals surface area contributed by atoms with Gasteiger partial charge in [-0.2, -0.15) is 0 Å². The van der Waals surface area contributed by atoms with Crippen molar-refractivity contribution in [2.24, 2.45) is 5.92 Å². The number of fused-ring (bicyclic) bond motifs is 1. The van der Waals surface area contributed by atoms with Gasteiger partial charge in [0.2, 0.25) is 5.91 Å². The van der Waals surface area contributed by atoms with Gasteiger partial charge in [0.25, 0.3) is 0 Å². The number of hydrogen-bond donors (Lipinski definition) is 1. The second-order valence-corrected chi connectivity index (χ2v) is 10.5. The van der Waals surface area contributed by atoms with E-state index in [1.807, 2.05) is 0 Å². The highest BCUT2D eigenvalue weighted by molar-refractivity contribution is 7.56. The Kier molecular flexibility index (Phi) is 8.10. The molecule has 2 aromatic carbocycles. The molecule has 36 heavy (non-hydrogen) atoms. The molecule has 4 rings (SSSR count). The molecule has 192 valence electrons. The molecule has 1 heterocycles. The molecule has 1 aliphatic carbocycles. The molecule has 0 saturated heterocycles. The van der Waals surface area contributed by atoms with E-state index in [-0.39, 0.29) is 23.9 Å². The number of anilines is 3. The Bertz CT molecular complexity index is 1310. The van der Waals surface area contributed by atoms with E-state index in [4.69, 9.17) is 25.4 Å². The van der Waals surface area contributed by atoms with Crippen LogP contribution in [0, 0.1) is 11.7 Å². The highest BCUT2D eigenvalue weighted by atomic mass is 35.5. The van der Waals surface area contributed by atoms with E-state index in [1.54, 1.807) is 26.0 Å². The summed E-state index contributed by atoms with van der Waals surface area (Å²) in [6, 6.07) is 7.45. The molecule has 1 amide bonds. The van der Waals surface area contributed by atoms with Crippen LogP contribution in [0.2, 0.25) is 5.02 Å². The smallest absolute Gasteiger partial charge is 0.442 e. The number of carbonyl (C=O) groups excluding carboxylic acids is 1. The minimum Gasteiger partial charge on any atom is -0.491 e. The Balaban J connectivity index is 1.86. The molecular formula is C24H27ClFN4O5P. The van der Waals surface area contributed by atoms with E-state index < -0.39 is 19.5 Å².